The van der Waals surface area contributed by atoms with Crippen molar-refractivity contribution < 1.29 is 4.74 Å². The van der Waals surface area contributed by atoms with Gasteiger partial charge < -0.3 is 15.4 Å². The van der Waals surface area contributed by atoms with Gasteiger partial charge in [-0.1, -0.05) is 11.6 Å². The van der Waals surface area contributed by atoms with Gasteiger partial charge in [0, 0.05) is 16.9 Å². The first-order valence-corrected chi connectivity index (χ1v) is 8.53. The van der Waals surface area contributed by atoms with Crippen molar-refractivity contribution in [1.82, 2.24) is 15.6 Å². The van der Waals surface area contributed by atoms with E-state index < -0.39 is 0 Å². The van der Waals surface area contributed by atoms with E-state index in [-0.39, 0.29) is 0 Å². The minimum Gasteiger partial charge on any atom is -0.492 e. The van der Waals surface area contributed by atoms with Gasteiger partial charge in [-0.2, -0.15) is 0 Å². The van der Waals surface area contributed by atoms with Gasteiger partial charge in [0.1, 0.15) is 12.4 Å². The number of thiazole rings is 1. The lowest BCUT2D eigenvalue weighted by atomic mass is 10.3. The molecule has 0 aliphatic rings. The first-order valence-electron chi connectivity index (χ1n) is 7.34. The van der Waals surface area contributed by atoms with Gasteiger partial charge in [-0.25, -0.2) is 4.98 Å². The number of aromatic nitrogens is 1. The maximum Gasteiger partial charge on any atom is 0.191 e. The summed E-state index contributed by atoms with van der Waals surface area (Å²) in [6.07, 6.45) is 0. The van der Waals surface area contributed by atoms with E-state index >= 15 is 0 Å². The van der Waals surface area contributed by atoms with Crippen LogP contribution in [-0.2, 0) is 6.54 Å². The maximum atomic E-state index is 5.84. The van der Waals surface area contributed by atoms with Crippen molar-refractivity contribution in [3.05, 3.63) is 44.9 Å². The molecule has 2 aromatic rings. The van der Waals surface area contributed by atoms with Crippen molar-refractivity contribution in [2.45, 2.75) is 20.4 Å². The number of halogens is 1. The lowest BCUT2D eigenvalue weighted by Crippen LogP contribution is -2.38. The van der Waals surface area contributed by atoms with Gasteiger partial charge in [0.2, 0.25) is 0 Å². The second-order valence-electron chi connectivity index (χ2n) is 4.90. The molecule has 0 saturated heterocycles. The number of benzene rings is 1. The van der Waals surface area contributed by atoms with Crippen molar-refractivity contribution >= 4 is 28.9 Å². The number of ether oxygens (including phenoxy) is 1. The SMILES string of the molecule is CN=C(NCCOc1ccc(Cl)cc1)NCc1sc(C)nc1C. The van der Waals surface area contributed by atoms with Gasteiger partial charge in [-0.3, -0.25) is 4.99 Å². The largest absolute Gasteiger partial charge is 0.492 e. The van der Waals surface area contributed by atoms with E-state index in [1.54, 1.807) is 18.4 Å². The third-order valence-corrected chi connectivity index (χ3v) is 4.44. The molecule has 0 bridgehead atoms. The van der Waals surface area contributed by atoms with Crippen molar-refractivity contribution in [1.29, 1.82) is 0 Å². The number of guanidine groups is 1. The number of nitrogens with zero attached hydrogens (tertiary/aromatic N) is 2. The smallest absolute Gasteiger partial charge is 0.191 e. The van der Waals surface area contributed by atoms with Gasteiger partial charge >= 0.3 is 0 Å². The van der Waals surface area contributed by atoms with Crippen LogP contribution in [0.15, 0.2) is 29.3 Å². The molecule has 1 aromatic carbocycles. The van der Waals surface area contributed by atoms with Crippen LogP contribution in [-0.4, -0.2) is 31.1 Å². The quantitative estimate of drug-likeness (QED) is 0.476. The van der Waals surface area contributed by atoms with Crippen LogP contribution in [0.25, 0.3) is 0 Å². The molecular formula is C16H21ClN4OS. The van der Waals surface area contributed by atoms with E-state index in [1.165, 1.54) is 4.88 Å². The average Bonchev–Trinajstić information content (AvgIpc) is 2.86. The maximum absolute atomic E-state index is 5.84. The van der Waals surface area contributed by atoms with Crippen LogP contribution >= 0.6 is 22.9 Å². The Balaban J connectivity index is 1.70. The highest BCUT2D eigenvalue weighted by molar-refractivity contribution is 7.11. The number of aryl methyl sites for hydroxylation is 2. The standard InChI is InChI=1S/C16H21ClN4OS/c1-11-15(23-12(2)21-11)10-20-16(18-3)19-8-9-22-14-6-4-13(17)5-7-14/h4-7H,8-10H2,1-3H3,(H2,18,19,20). The lowest BCUT2D eigenvalue weighted by Gasteiger charge is -2.12. The molecule has 0 atom stereocenters. The van der Waals surface area contributed by atoms with Crippen LogP contribution in [0, 0.1) is 13.8 Å². The molecule has 7 heteroatoms. The van der Waals surface area contributed by atoms with Crippen LogP contribution in [0.3, 0.4) is 0 Å². The molecule has 0 unspecified atom stereocenters. The van der Waals surface area contributed by atoms with Crippen LogP contribution in [0.1, 0.15) is 15.6 Å². The van der Waals surface area contributed by atoms with Crippen LogP contribution in [0.5, 0.6) is 5.75 Å². The molecule has 0 spiro atoms. The minimum absolute atomic E-state index is 0.543. The molecule has 2 N–H and O–H groups in total. The second kappa shape index (κ2) is 8.74. The Bertz CT molecular complexity index is 655. The highest BCUT2D eigenvalue weighted by Gasteiger charge is 2.05. The van der Waals surface area contributed by atoms with Gasteiger partial charge in [-0.15, -0.1) is 11.3 Å². The Labute approximate surface area is 145 Å². The zero-order chi connectivity index (χ0) is 16.7. The number of rotatable bonds is 6. The fourth-order valence-corrected chi connectivity index (χ4v) is 2.99. The van der Waals surface area contributed by atoms with E-state index in [1.807, 2.05) is 38.1 Å². The third-order valence-electron chi connectivity index (χ3n) is 3.12. The van der Waals surface area contributed by atoms with Crippen molar-refractivity contribution in [3.63, 3.8) is 0 Å². The Kier molecular flexibility index (Phi) is 6.67. The Morgan fingerprint density at radius 2 is 2.00 bits per heavy atom. The summed E-state index contributed by atoms with van der Waals surface area (Å²) >= 11 is 7.54. The summed E-state index contributed by atoms with van der Waals surface area (Å²) in [6.45, 7) is 5.96. The molecular weight excluding hydrogens is 332 g/mol. The molecule has 5 nitrogen and oxygen atoms in total. The summed E-state index contributed by atoms with van der Waals surface area (Å²) in [5, 5.41) is 8.29. The van der Waals surface area contributed by atoms with Crippen molar-refractivity contribution in [2.75, 3.05) is 20.2 Å². The number of hydrogen-bond donors (Lipinski definition) is 2. The molecule has 0 saturated carbocycles. The van der Waals surface area contributed by atoms with Gasteiger partial charge in [0.15, 0.2) is 5.96 Å². The third kappa shape index (κ3) is 5.73. The van der Waals surface area contributed by atoms with E-state index in [9.17, 15) is 0 Å². The molecule has 0 aliphatic carbocycles. The van der Waals surface area contributed by atoms with E-state index in [0.29, 0.717) is 18.2 Å². The van der Waals surface area contributed by atoms with E-state index in [2.05, 4.69) is 20.6 Å². The topological polar surface area (TPSA) is 58.5 Å². The summed E-state index contributed by atoms with van der Waals surface area (Å²) in [5.41, 5.74) is 1.07. The van der Waals surface area contributed by atoms with Crippen molar-refractivity contribution in [2.24, 2.45) is 4.99 Å². The zero-order valence-corrected chi connectivity index (χ0v) is 15.1. The first kappa shape index (κ1) is 17.6. The highest BCUT2D eigenvalue weighted by Crippen LogP contribution is 2.16. The van der Waals surface area contributed by atoms with Gasteiger partial charge in [-0.05, 0) is 38.1 Å². The van der Waals surface area contributed by atoms with Gasteiger partial charge in [0.25, 0.3) is 0 Å². The molecule has 0 amide bonds. The molecule has 124 valence electrons. The van der Waals surface area contributed by atoms with Crippen LogP contribution in [0.2, 0.25) is 5.02 Å². The van der Waals surface area contributed by atoms with Crippen molar-refractivity contribution in [3.8, 4) is 5.75 Å². The summed E-state index contributed by atoms with van der Waals surface area (Å²) < 4.78 is 5.63. The number of hydrogen-bond acceptors (Lipinski definition) is 4. The molecule has 1 heterocycles. The molecule has 2 rings (SSSR count). The second-order valence-corrected chi connectivity index (χ2v) is 6.62. The summed E-state index contributed by atoms with van der Waals surface area (Å²) in [5.74, 6) is 1.55. The molecule has 0 aliphatic heterocycles. The predicted octanol–water partition coefficient (Wildman–Crippen LogP) is 3.16. The average molecular weight is 353 g/mol. The number of nitrogens with one attached hydrogen (secondary N) is 2. The lowest BCUT2D eigenvalue weighted by molar-refractivity contribution is 0.322. The first-order chi connectivity index (χ1) is 11.1. The zero-order valence-electron chi connectivity index (χ0n) is 13.5. The molecule has 23 heavy (non-hydrogen) atoms. The highest BCUT2D eigenvalue weighted by atomic mass is 35.5. The molecule has 1 aromatic heterocycles. The molecule has 0 radical (unpaired) electrons. The van der Waals surface area contributed by atoms with E-state index in [4.69, 9.17) is 16.3 Å². The monoisotopic (exact) mass is 352 g/mol. The van der Waals surface area contributed by atoms with Gasteiger partial charge in [0.05, 0.1) is 23.8 Å². The summed E-state index contributed by atoms with van der Waals surface area (Å²) in [4.78, 5) is 9.85. The Morgan fingerprint density at radius 3 is 2.61 bits per heavy atom. The number of aliphatic imine (C=N–C) groups is 1. The fraction of sp³-hybridized carbons (Fsp3) is 0.375. The minimum atomic E-state index is 0.543. The normalized spacial score (nSPS) is 11.4. The Morgan fingerprint density at radius 1 is 1.26 bits per heavy atom. The predicted molar refractivity (Wildman–Crippen MR) is 96.7 cm³/mol. The summed E-state index contributed by atoms with van der Waals surface area (Å²) in [7, 11) is 1.75. The van der Waals surface area contributed by atoms with Crippen LogP contribution < -0.4 is 15.4 Å². The van der Waals surface area contributed by atoms with E-state index in [0.717, 1.165) is 29.0 Å². The van der Waals surface area contributed by atoms with Crippen LogP contribution in [0.4, 0.5) is 0 Å². The Hall–Kier alpha value is -1.79. The molecule has 0 fully saturated rings. The summed E-state index contributed by atoms with van der Waals surface area (Å²) in [6, 6.07) is 7.32. The fourth-order valence-electron chi connectivity index (χ4n) is 1.99.